The summed E-state index contributed by atoms with van der Waals surface area (Å²) in [6.45, 7) is 7.54. The van der Waals surface area contributed by atoms with E-state index in [4.69, 9.17) is 4.74 Å². The first-order chi connectivity index (χ1) is 14.7. The van der Waals surface area contributed by atoms with Crippen LogP contribution in [0.3, 0.4) is 0 Å². The fraction of sp³-hybridized carbons (Fsp3) is 0.520. The molecule has 0 aliphatic heterocycles. The highest BCUT2D eigenvalue weighted by atomic mass is 16.6. The van der Waals surface area contributed by atoms with Gasteiger partial charge in [0.1, 0.15) is 11.6 Å². The first-order valence-electron chi connectivity index (χ1n) is 11.3. The fourth-order valence-corrected chi connectivity index (χ4v) is 4.36. The molecule has 2 aliphatic rings. The number of carbonyl (C=O) groups is 2. The van der Waals surface area contributed by atoms with Crippen LogP contribution in [0.2, 0.25) is 0 Å². The maximum atomic E-state index is 13.3. The van der Waals surface area contributed by atoms with Crippen LogP contribution in [0.25, 0.3) is 11.3 Å². The van der Waals surface area contributed by atoms with Crippen molar-refractivity contribution in [3.8, 4) is 11.3 Å². The Bertz CT molecular complexity index is 922. The van der Waals surface area contributed by atoms with E-state index in [1.165, 1.54) is 5.56 Å². The van der Waals surface area contributed by atoms with Crippen molar-refractivity contribution in [2.45, 2.75) is 65.0 Å². The van der Waals surface area contributed by atoms with Crippen LogP contribution in [0.1, 0.15) is 52.0 Å². The van der Waals surface area contributed by atoms with Gasteiger partial charge < -0.3 is 20.4 Å². The molecule has 1 aromatic carbocycles. The minimum Gasteiger partial charge on any atom is -0.444 e. The zero-order valence-corrected chi connectivity index (χ0v) is 18.8. The SMILES string of the molecule is Cc1cc[nH]c1-c1ccc(NC(=O)[C@@H](NC(=O)OC(C)(C)C)C(C2CC2)C2CC2)cc1. The number of hydrogen-bond acceptors (Lipinski definition) is 3. The van der Waals surface area contributed by atoms with Crippen molar-refractivity contribution in [1.29, 1.82) is 0 Å². The molecule has 4 rings (SSSR count). The lowest BCUT2D eigenvalue weighted by molar-refractivity contribution is -0.120. The third-order valence-corrected chi connectivity index (χ3v) is 6.07. The van der Waals surface area contributed by atoms with E-state index >= 15 is 0 Å². The van der Waals surface area contributed by atoms with Crippen LogP contribution in [0.4, 0.5) is 10.5 Å². The normalized spacial score (nSPS) is 17.3. The predicted octanol–water partition coefficient (Wildman–Crippen LogP) is 5.26. The molecule has 2 saturated carbocycles. The van der Waals surface area contributed by atoms with Crippen LogP contribution in [0.15, 0.2) is 36.5 Å². The number of rotatable bonds is 7. The zero-order chi connectivity index (χ0) is 22.2. The van der Waals surface area contributed by atoms with Gasteiger partial charge in [-0.25, -0.2) is 4.79 Å². The third-order valence-electron chi connectivity index (χ3n) is 6.07. The van der Waals surface area contributed by atoms with E-state index < -0.39 is 17.7 Å². The summed E-state index contributed by atoms with van der Waals surface area (Å²) in [6.07, 6.45) is 5.91. The van der Waals surface area contributed by atoms with E-state index in [1.54, 1.807) is 0 Å². The fourth-order valence-electron chi connectivity index (χ4n) is 4.36. The highest BCUT2D eigenvalue weighted by Gasteiger charge is 2.48. The molecule has 2 amide bonds. The van der Waals surface area contributed by atoms with Gasteiger partial charge in [0.05, 0.1) is 0 Å². The Morgan fingerprint density at radius 1 is 1.03 bits per heavy atom. The summed E-state index contributed by atoms with van der Waals surface area (Å²) in [7, 11) is 0. The highest BCUT2D eigenvalue weighted by molar-refractivity contribution is 5.97. The summed E-state index contributed by atoms with van der Waals surface area (Å²) >= 11 is 0. The Morgan fingerprint density at radius 2 is 1.65 bits per heavy atom. The topological polar surface area (TPSA) is 83.2 Å². The van der Waals surface area contributed by atoms with E-state index in [9.17, 15) is 9.59 Å². The van der Waals surface area contributed by atoms with Gasteiger partial charge in [-0.2, -0.15) is 0 Å². The first-order valence-corrected chi connectivity index (χ1v) is 11.3. The number of anilines is 1. The predicted molar refractivity (Wildman–Crippen MR) is 122 cm³/mol. The van der Waals surface area contributed by atoms with Gasteiger partial charge in [0, 0.05) is 17.6 Å². The Morgan fingerprint density at radius 3 is 2.13 bits per heavy atom. The number of H-pyrrole nitrogens is 1. The quantitative estimate of drug-likeness (QED) is 0.568. The Balaban J connectivity index is 1.48. The van der Waals surface area contributed by atoms with Gasteiger partial charge in [0.15, 0.2) is 0 Å². The van der Waals surface area contributed by atoms with E-state index in [0.29, 0.717) is 11.8 Å². The molecule has 2 fully saturated rings. The minimum atomic E-state index is -0.606. The summed E-state index contributed by atoms with van der Waals surface area (Å²) < 4.78 is 5.45. The standard InChI is InChI=1S/C25H33N3O3/c1-15-13-14-26-21(15)18-9-11-19(12-10-18)27-23(29)22(28-24(30)31-25(2,3)4)20(16-5-6-16)17-7-8-17/h9-14,16-17,20,22,26H,5-8H2,1-4H3,(H,27,29)(H,28,30)/t22-/m0/s1. The Kier molecular flexibility index (Phi) is 5.82. The molecule has 1 heterocycles. The molecular weight excluding hydrogens is 390 g/mol. The van der Waals surface area contributed by atoms with Crippen LogP contribution < -0.4 is 10.6 Å². The van der Waals surface area contributed by atoms with E-state index in [2.05, 4.69) is 22.5 Å². The maximum Gasteiger partial charge on any atom is 0.408 e. The molecule has 0 saturated heterocycles. The van der Waals surface area contributed by atoms with Gasteiger partial charge in [-0.05, 0) is 100 Å². The number of aromatic amines is 1. The van der Waals surface area contributed by atoms with Crippen LogP contribution in [0.5, 0.6) is 0 Å². The second kappa shape index (κ2) is 8.40. The summed E-state index contributed by atoms with van der Waals surface area (Å²) in [5, 5.41) is 5.92. The molecule has 1 aromatic heterocycles. The summed E-state index contributed by atoms with van der Waals surface area (Å²) in [4.78, 5) is 29.1. The van der Waals surface area contributed by atoms with Crippen molar-refractivity contribution in [3.05, 3.63) is 42.1 Å². The zero-order valence-electron chi connectivity index (χ0n) is 18.8. The monoisotopic (exact) mass is 423 g/mol. The maximum absolute atomic E-state index is 13.3. The van der Waals surface area contributed by atoms with Gasteiger partial charge in [-0.1, -0.05) is 12.1 Å². The molecule has 0 radical (unpaired) electrons. The number of ether oxygens (including phenoxy) is 1. The van der Waals surface area contributed by atoms with E-state index in [-0.39, 0.29) is 11.8 Å². The molecule has 3 N–H and O–H groups in total. The van der Waals surface area contributed by atoms with Crippen LogP contribution in [-0.2, 0) is 9.53 Å². The van der Waals surface area contributed by atoms with Crippen molar-refractivity contribution in [2.24, 2.45) is 17.8 Å². The molecule has 31 heavy (non-hydrogen) atoms. The van der Waals surface area contributed by atoms with E-state index in [1.807, 2.05) is 57.3 Å². The van der Waals surface area contributed by atoms with Gasteiger partial charge in [0.25, 0.3) is 0 Å². The number of nitrogens with one attached hydrogen (secondary N) is 3. The van der Waals surface area contributed by atoms with Crippen molar-refractivity contribution in [3.63, 3.8) is 0 Å². The molecule has 6 nitrogen and oxygen atoms in total. The van der Waals surface area contributed by atoms with E-state index in [0.717, 1.165) is 42.6 Å². The van der Waals surface area contributed by atoms with Crippen molar-refractivity contribution >= 4 is 17.7 Å². The second-order valence-electron chi connectivity index (χ2n) is 9.98. The largest absolute Gasteiger partial charge is 0.444 e. The molecule has 0 spiro atoms. The highest BCUT2D eigenvalue weighted by Crippen LogP contribution is 2.50. The smallest absolute Gasteiger partial charge is 0.408 e. The molecular formula is C25H33N3O3. The Labute approximate surface area is 184 Å². The lowest BCUT2D eigenvalue weighted by Crippen LogP contribution is -2.51. The number of amides is 2. The first kappa shape index (κ1) is 21.5. The lowest BCUT2D eigenvalue weighted by atomic mass is 9.88. The molecule has 1 atom stereocenters. The molecule has 2 aliphatic carbocycles. The Hall–Kier alpha value is -2.76. The summed E-state index contributed by atoms with van der Waals surface area (Å²) in [5.41, 5.74) is 3.43. The average Bonchev–Trinajstić information content (AvgIpc) is 3.61. The minimum absolute atomic E-state index is 0.168. The van der Waals surface area contributed by atoms with Gasteiger partial charge >= 0.3 is 6.09 Å². The van der Waals surface area contributed by atoms with Crippen LogP contribution in [-0.4, -0.2) is 28.6 Å². The number of carbonyl (C=O) groups excluding carboxylic acids is 2. The second-order valence-corrected chi connectivity index (χ2v) is 9.98. The number of alkyl carbamates (subject to hydrolysis) is 1. The lowest BCUT2D eigenvalue weighted by Gasteiger charge is -2.29. The average molecular weight is 424 g/mol. The summed E-state index contributed by atoms with van der Waals surface area (Å²) in [5.74, 6) is 1.03. The summed E-state index contributed by atoms with van der Waals surface area (Å²) in [6, 6.07) is 9.24. The number of benzene rings is 1. The van der Waals surface area contributed by atoms with Gasteiger partial charge in [-0.3, -0.25) is 4.79 Å². The molecule has 2 aromatic rings. The molecule has 0 bridgehead atoms. The molecule has 166 valence electrons. The van der Waals surface area contributed by atoms with Crippen molar-refractivity contribution in [1.82, 2.24) is 10.3 Å². The van der Waals surface area contributed by atoms with Gasteiger partial charge in [-0.15, -0.1) is 0 Å². The van der Waals surface area contributed by atoms with Crippen LogP contribution >= 0.6 is 0 Å². The van der Waals surface area contributed by atoms with Gasteiger partial charge in [0.2, 0.25) is 5.91 Å². The van der Waals surface area contributed by atoms with Crippen LogP contribution in [0, 0.1) is 24.7 Å². The van der Waals surface area contributed by atoms with Crippen molar-refractivity contribution < 1.29 is 14.3 Å². The molecule has 6 heteroatoms. The third kappa shape index (κ3) is 5.49. The number of hydrogen-bond donors (Lipinski definition) is 3. The van der Waals surface area contributed by atoms with Crippen molar-refractivity contribution in [2.75, 3.05) is 5.32 Å². The number of aryl methyl sites for hydroxylation is 1. The molecule has 0 unspecified atom stereocenters. The number of aromatic nitrogens is 1.